The quantitative estimate of drug-likeness (QED) is 0.870. The topological polar surface area (TPSA) is 55.2 Å². The van der Waals surface area contributed by atoms with E-state index in [1.54, 1.807) is 22.7 Å². The SMILES string of the molecule is CC(=O)SCC1CC(=O)N(c2ccnn2-c2ccccc2)C1. The van der Waals surface area contributed by atoms with Crippen LogP contribution in [0.5, 0.6) is 0 Å². The van der Waals surface area contributed by atoms with E-state index in [1.165, 1.54) is 11.8 Å². The lowest BCUT2D eigenvalue weighted by atomic mass is 10.1. The van der Waals surface area contributed by atoms with Gasteiger partial charge in [-0.2, -0.15) is 5.10 Å². The van der Waals surface area contributed by atoms with E-state index in [1.807, 2.05) is 36.4 Å². The summed E-state index contributed by atoms with van der Waals surface area (Å²) in [5.41, 5.74) is 0.928. The molecule has 1 aromatic heterocycles. The van der Waals surface area contributed by atoms with Crippen molar-refractivity contribution in [1.29, 1.82) is 0 Å². The number of carbonyl (C=O) groups is 2. The number of hydrogen-bond acceptors (Lipinski definition) is 4. The molecule has 1 atom stereocenters. The molecule has 1 aliphatic rings. The number of para-hydroxylation sites is 1. The fraction of sp³-hybridized carbons (Fsp3) is 0.312. The van der Waals surface area contributed by atoms with Crippen LogP contribution in [-0.2, 0) is 9.59 Å². The Morgan fingerprint density at radius 2 is 2.09 bits per heavy atom. The first-order valence-corrected chi connectivity index (χ1v) is 8.17. The third kappa shape index (κ3) is 3.06. The van der Waals surface area contributed by atoms with Gasteiger partial charge in [0.25, 0.3) is 0 Å². The highest BCUT2D eigenvalue weighted by molar-refractivity contribution is 8.13. The Bertz CT molecular complexity index is 684. The summed E-state index contributed by atoms with van der Waals surface area (Å²) in [6.07, 6.45) is 2.19. The van der Waals surface area contributed by atoms with Crippen LogP contribution in [0, 0.1) is 5.92 Å². The Morgan fingerprint density at radius 1 is 1.32 bits per heavy atom. The van der Waals surface area contributed by atoms with Gasteiger partial charge in [0.15, 0.2) is 5.12 Å². The van der Waals surface area contributed by atoms with E-state index in [4.69, 9.17) is 0 Å². The zero-order valence-corrected chi connectivity index (χ0v) is 13.1. The molecule has 2 heterocycles. The van der Waals surface area contributed by atoms with Crippen molar-refractivity contribution in [2.24, 2.45) is 5.92 Å². The van der Waals surface area contributed by atoms with Crippen LogP contribution < -0.4 is 4.90 Å². The Hall–Kier alpha value is -2.08. The van der Waals surface area contributed by atoms with Gasteiger partial charge in [0.2, 0.25) is 5.91 Å². The molecule has 0 spiro atoms. The predicted octanol–water partition coefficient (Wildman–Crippen LogP) is 2.50. The average molecular weight is 315 g/mol. The lowest BCUT2D eigenvalue weighted by Crippen LogP contribution is -2.27. The molecule has 0 radical (unpaired) electrons. The van der Waals surface area contributed by atoms with Crippen molar-refractivity contribution in [3.05, 3.63) is 42.6 Å². The first-order chi connectivity index (χ1) is 10.6. The highest BCUT2D eigenvalue weighted by atomic mass is 32.2. The van der Waals surface area contributed by atoms with Crippen LogP contribution in [0.15, 0.2) is 42.6 Å². The van der Waals surface area contributed by atoms with E-state index in [0.29, 0.717) is 18.7 Å². The van der Waals surface area contributed by atoms with Gasteiger partial charge in [-0.3, -0.25) is 14.5 Å². The molecule has 22 heavy (non-hydrogen) atoms. The molecule has 0 bridgehead atoms. The summed E-state index contributed by atoms with van der Waals surface area (Å²) in [7, 11) is 0. The van der Waals surface area contributed by atoms with Gasteiger partial charge in [-0.1, -0.05) is 30.0 Å². The molecule has 0 saturated carbocycles. The van der Waals surface area contributed by atoms with Crippen LogP contribution in [0.25, 0.3) is 5.69 Å². The second-order valence-electron chi connectivity index (χ2n) is 5.31. The molecule has 0 N–H and O–H groups in total. The summed E-state index contributed by atoms with van der Waals surface area (Å²) in [6, 6.07) is 11.6. The Morgan fingerprint density at radius 3 is 2.82 bits per heavy atom. The third-order valence-corrected chi connectivity index (χ3v) is 4.67. The van der Waals surface area contributed by atoms with Crippen LogP contribution in [0.2, 0.25) is 0 Å². The fourth-order valence-electron chi connectivity index (χ4n) is 2.62. The van der Waals surface area contributed by atoms with E-state index in [2.05, 4.69) is 5.10 Å². The minimum Gasteiger partial charge on any atom is -0.296 e. The van der Waals surface area contributed by atoms with Crippen LogP contribution in [0.3, 0.4) is 0 Å². The van der Waals surface area contributed by atoms with Gasteiger partial charge in [-0.25, -0.2) is 4.68 Å². The Kier molecular flexibility index (Phi) is 4.29. The zero-order valence-electron chi connectivity index (χ0n) is 12.3. The number of carbonyl (C=O) groups excluding carboxylic acids is 2. The maximum Gasteiger partial charge on any atom is 0.228 e. The molecule has 1 saturated heterocycles. The Balaban J connectivity index is 1.79. The average Bonchev–Trinajstić information content (AvgIpc) is 3.12. The number of benzene rings is 1. The lowest BCUT2D eigenvalue weighted by molar-refractivity contribution is -0.117. The molecule has 1 unspecified atom stereocenters. The van der Waals surface area contributed by atoms with Gasteiger partial charge in [0, 0.05) is 31.7 Å². The summed E-state index contributed by atoms with van der Waals surface area (Å²) in [6.45, 7) is 2.20. The number of anilines is 1. The molecule has 0 aliphatic carbocycles. The summed E-state index contributed by atoms with van der Waals surface area (Å²) >= 11 is 1.29. The van der Waals surface area contributed by atoms with Gasteiger partial charge in [-0.15, -0.1) is 0 Å². The van der Waals surface area contributed by atoms with Gasteiger partial charge in [-0.05, 0) is 18.1 Å². The van der Waals surface area contributed by atoms with Gasteiger partial charge in [0.05, 0.1) is 11.9 Å². The van der Waals surface area contributed by atoms with Crippen molar-refractivity contribution in [2.75, 3.05) is 17.2 Å². The van der Waals surface area contributed by atoms with Gasteiger partial charge < -0.3 is 0 Å². The van der Waals surface area contributed by atoms with E-state index in [9.17, 15) is 9.59 Å². The maximum atomic E-state index is 12.3. The van der Waals surface area contributed by atoms with Crippen molar-refractivity contribution in [2.45, 2.75) is 13.3 Å². The minimum atomic E-state index is 0.0897. The van der Waals surface area contributed by atoms with E-state index >= 15 is 0 Å². The first kappa shape index (κ1) is 14.8. The normalized spacial score (nSPS) is 18.0. The summed E-state index contributed by atoms with van der Waals surface area (Å²) in [5.74, 6) is 1.77. The summed E-state index contributed by atoms with van der Waals surface area (Å²) in [4.78, 5) is 25.2. The molecule has 1 aromatic carbocycles. The van der Waals surface area contributed by atoms with Crippen LogP contribution >= 0.6 is 11.8 Å². The van der Waals surface area contributed by atoms with Gasteiger partial charge in [0.1, 0.15) is 5.82 Å². The van der Waals surface area contributed by atoms with E-state index in [-0.39, 0.29) is 16.9 Å². The predicted molar refractivity (Wildman–Crippen MR) is 87.2 cm³/mol. The molecule has 6 heteroatoms. The summed E-state index contributed by atoms with van der Waals surface area (Å²) < 4.78 is 1.78. The van der Waals surface area contributed by atoms with Gasteiger partial charge >= 0.3 is 0 Å². The van der Waals surface area contributed by atoms with Crippen LogP contribution in [0.1, 0.15) is 13.3 Å². The smallest absolute Gasteiger partial charge is 0.228 e. The highest BCUT2D eigenvalue weighted by Crippen LogP contribution is 2.28. The molecule has 1 aliphatic heterocycles. The zero-order chi connectivity index (χ0) is 15.5. The molecule has 1 amide bonds. The van der Waals surface area contributed by atoms with E-state index < -0.39 is 0 Å². The second kappa shape index (κ2) is 6.36. The molecular weight excluding hydrogens is 298 g/mol. The number of nitrogens with zero attached hydrogens (tertiary/aromatic N) is 3. The molecule has 5 nitrogen and oxygen atoms in total. The third-order valence-electron chi connectivity index (χ3n) is 3.63. The number of thioether (sulfide) groups is 1. The first-order valence-electron chi connectivity index (χ1n) is 7.18. The molecule has 114 valence electrons. The standard InChI is InChI=1S/C16H17N3O2S/c1-12(20)22-11-13-9-16(21)18(10-13)15-7-8-17-19(15)14-5-3-2-4-6-14/h2-8,13H,9-11H2,1H3. The lowest BCUT2D eigenvalue weighted by Gasteiger charge is -2.18. The largest absolute Gasteiger partial charge is 0.296 e. The van der Waals surface area contributed by atoms with Crippen molar-refractivity contribution in [3.63, 3.8) is 0 Å². The van der Waals surface area contributed by atoms with Crippen LogP contribution in [0.4, 0.5) is 5.82 Å². The second-order valence-corrected chi connectivity index (χ2v) is 6.51. The molecule has 2 aromatic rings. The van der Waals surface area contributed by atoms with Crippen LogP contribution in [-0.4, -0.2) is 33.1 Å². The van der Waals surface area contributed by atoms with Crippen molar-refractivity contribution in [3.8, 4) is 5.69 Å². The number of hydrogen-bond donors (Lipinski definition) is 0. The highest BCUT2D eigenvalue weighted by Gasteiger charge is 2.32. The van der Waals surface area contributed by atoms with Crippen molar-refractivity contribution in [1.82, 2.24) is 9.78 Å². The number of amides is 1. The molecule has 1 fully saturated rings. The molecule has 3 rings (SSSR count). The summed E-state index contributed by atoms with van der Waals surface area (Å²) in [5, 5.41) is 4.43. The minimum absolute atomic E-state index is 0.0897. The van der Waals surface area contributed by atoms with Crippen molar-refractivity contribution < 1.29 is 9.59 Å². The number of aromatic nitrogens is 2. The monoisotopic (exact) mass is 315 g/mol. The maximum absolute atomic E-state index is 12.3. The fourth-order valence-corrected chi connectivity index (χ4v) is 3.31. The molecular formula is C16H17N3O2S. The van der Waals surface area contributed by atoms with E-state index in [0.717, 1.165) is 11.5 Å². The Labute approximate surface area is 133 Å². The number of rotatable bonds is 4. The van der Waals surface area contributed by atoms with Crippen molar-refractivity contribution >= 4 is 28.6 Å².